The zero-order valence-electron chi connectivity index (χ0n) is 10.8. The Bertz CT molecular complexity index is 427. The van der Waals surface area contributed by atoms with Gasteiger partial charge in [0.1, 0.15) is 5.84 Å². The first-order valence-corrected chi connectivity index (χ1v) is 6.35. The standard InChI is InChI=1S/C14H21N3O/c1-17(8-10-6-12(18)7-10)9-11-4-2-3-5-13(11)14(15)16/h2-5,10,12,18H,6-9H2,1H3,(H3,15,16). The lowest BCUT2D eigenvalue weighted by Gasteiger charge is -2.34. The summed E-state index contributed by atoms with van der Waals surface area (Å²) < 4.78 is 0. The third-order valence-corrected chi connectivity index (χ3v) is 3.53. The maximum absolute atomic E-state index is 9.27. The normalized spacial score (nSPS) is 22.8. The van der Waals surface area contributed by atoms with Gasteiger partial charge in [0.05, 0.1) is 6.10 Å². The highest BCUT2D eigenvalue weighted by atomic mass is 16.3. The van der Waals surface area contributed by atoms with Gasteiger partial charge in [0.15, 0.2) is 0 Å². The summed E-state index contributed by atoms with van der Waals surface area (Å²) in [4.78, 5) is 2.23. The van der Waals surface area contributed by atoms with Crippen LogP contribution in [0, 0.1) is 11.3 Å². The predicted molar refractivity (Wildman–Crippen MR) is 72.5 cm³/mol. The second-order valence-corrected chi connectivity index (χ2v) is 5.26. The van der Waals surface area contributed by atoms with Crippen molar-refractivity contribution in [3.8, 4) is 0 Å². The van der Waals surface area contributed by atoms with Gasteiger partial charge in [0, 0.05) is 18.7 Å². The van der Waals surface area contributed by atoms with Gasteiger partial charge in [-0.2, -0.15) is 0 Å². The minimum atomic E-state index is -0.0899. The summed E-state index contributed by atoms with van der Waals surface area (Å²) in [7, 11) is 2.07. The highest BCUT2D eigenvalue weighted by Gasteiger charge is 2.27. The molecule has 0 unspecified atom stereocenters. The Hall–Kier alpha value is -1.39. The summed E-state index contributed by atoms with van der Waals surface area (Å²) in [6.07, 6.45) is 1.74. The van der Waals surface area contributed by atoms with Gasteiger partial charge in [0.2, 0.25) is 0 Å². The fourth-order valence-corrected chi connectivity index (χ4v) is 2.57. The molecule has 0 amide bonds. The van der Waals surface area contributed by atoms with Crippen molar-refractivity contribution in [2.75, 3.05) is 13.6 Å². The van der Waals surface area contributed by atoms with Crippen molar-refractivity contribution >= 4 is 5.84 Å². The first kappa shape index (κ1) is 13.1. The molecular formula is C14H21N3O. The van der Waals surface area contributed by atoms with Crippen molar-refractivity contribution in [3.05, 3.63) is 35.4 Å². The first-order chi connectivity index (χ1) is 8.56. The molecular weight excluding hydrogens is 226 g/mol. The number of nitrogen functional groups attached to an aromatic ring is 1. The van der Waals surface area contributed by atoms with E-state index in [0.717, 1.165) is 37.1 Å². The second-order valence-electron chi connectivity index (χ2n) is 5.26. The zero-order valence-corrected chi connectivity index (χ0v) is 10.8. The van der Waals surface area contributed by atoms with Crippen molar-refractivity contribution < 1.29 is 5.11 Å². The summed E-state index contributed by atoms with van der Waals surface area (Å²) in [5.74, 6) is 0.729. The maximum atomic E-state index is 9.27. The van der Waals surface area contributed by atoms with E-state index >= 15 is 0 Å². The van der Waals surface area contributed by atoms with Crippen molar-refractivity contribution in [1.82, 2.24) is 4.90 Å². The Balaban J connectivity index is 1.94. The Morgan fingerprint density at radius 1 is 1.44 bits per heavy atom. The van der Waals surface area contributed by atoms with Crippen LogP contribution < -0.4 is 5.73 Å². The van der Waals surface area contributed by atoms with E-state index in [1.54, 1.807) is 0 Å². The second kappa shape index (κ2) is 5.50. The van der Waals surface area contributed by atoms with E-state index in [1.165, 1.54) is 0 Å². The number of rotatable bonds is 5. The van der Waals surface area contributed by atoms with Crippen LogP contribution in [-0.4, -0.2) is 35.5 Å². The van der Waals surface area contributed by atoms with Crippen LogP contribution in [-0.2, 0) is 6.54 Å². The van der Waals surface area contributed by atoms with Crippen LogP contribution in [0.2, 0.25) is 0 Å². The summed E-state index contributed by atoms with van der Waals surface area (Å²) in [6.45, 7) is 1.78. The van der Waals surface area contributed by atoms with Gasteiger partial charge in [-0.05, 0) is 31.4 Å². The molecule has 4 N–H and O–H groups in total. The van der Waals surface area contributed by atoms with E-state index < -0.39 is 0 Å². The minimum Gasteiger partial charge on any atom is -0.393 e. The van der Waals surface area contributed by atoms with E-state index in [2.05, 4.69) is 11.9 Å². The lowest BCUT2D eigenvalue weighted by atomic mass is 9.82. The molecule has 1 aromatic rings. The predicted octanol–water partition coefficient (Wildman–Crippen LogP) is 1.17. The van der Waals surface area contributed by atoms with Crippen LogP contribution >= 0.6 is 0 Å². The number of aliphatic hydroxyl groups excluding tert-OH is 1. The molecule has 4 heteroatoms. The van der Waals surface area contributed by atoms with Gasteiger partial charge < -0.3 is 15.7 Å². The smallest absolute Gasteiger partial charge is 0.123 e. The fraction of sp³-hybridized carbons (Fsp3) is 0.500. The SMILES string of the molecule is CN(Cc1ccccc1C(=N)N)CC1CC(O)C1. The number of benzene rings is 1. The van der Waals surface area contributed by atoms with Gasteiger partial charge in [0.25, 0.3) is 0 Å². The summed E-state index contributed by atoms with van der Waals surface area (Å²) in [6, 6.07) is 7.78. The Labute approximate surface area is 108 Å². The summed E-state index contributed by atoms with van der Waals surface area (Å²) in [5, 5.41) is 16.8. The number of nitrogens with two attached hydrogens (primary N) is 1. The number of aliphatic hydroxyl groups is 1. The molecule has 0 atom stereocenters. The van der Waals surface area contributed by atoms with E-state index in [0.29, 0.717) is 5.92 Å². The number of hydrogen-bond acceptors (Lipinski definition) is 3. The van der Waals surface area contributed by atoms with E-state index in [1.807, 2.05) is 24.3 Å². The number of nitrogens with one attached hydrogen (secondary N) is 1. The summed E-state index contributed by atoms with van der Waals surface area (Å²) in [5.41, 5.74) is 7.49. The molecule has 0 spiro atoms. The average Bonchev–Trinajstić information content (AvgIpc) is 2.27. The highest BCUT2D eigenvalue weighted by molar-refractivity contribution is 5.96. The first-order valence-electron chi connectivity index (χ1n) is 6.35. The molecule has 98 valence electrons. The van der Waals surface area contributed by atoms with Crippen molar-refractivity contribution in [3.63, 3.8) is 0 Å². The molecule has 1 fully saturated rings. The highest BCUT2D eigenvalue weighted by Crippen LogP contribution is 2.28. The van der Waals surface area contributed by atoms with Gasteiger partial charge >= 0.3 is 0 Å². The topological polar surface area (TPSA) is 73.3 Å². The van der Waals surface area contributed by atoms with Gasteiger partial charge in [-0.3, -0.25) is 5.41 Å². The number of hydrogen-bond donors (Lipinski definition) is 3. The van der Waals surface area contributed by atoms with Crippen molar-refractivity contribution in [2.24, 2.45) is 11.7 Å². The number of nitrogens with zero attached hydrogens (tertiary/aromatic N) is 1. The maximum Gasteiger partial charge on any atom is 0.123 e. The van der Waals surface area contributed by atoms with Crippen LogP contribution in [0.25, 0.3) is 0 Å². The summed E-state index contributed by atoms with van der Waals surface area (Å²) >= 11 is 0. The van der Waals surface area contributed by atoms with Crippen LogP contribution in [0.15, 0.2) is 24.3 Å². The Morgan fingerprint density at radius 2 is 2.11 bits per heavy atom. The van der Waals surface area contributed by atoms with Crippen molar-refractivity contribution in [1.29, 1.82) is 5.41 Å². The third-order valence-electron chi connectivity index (χ3n) is 3.53. The van der Waals surface area contributed by atoms with Crippen LogP contribution in [0.4, 0.5) is 0 Å². The molecule has 0 radical (unpaired) electrons. The van der Waals surface area contributed by atoms with Crippen LogP contribution in [0.3, 0.4) is 0 Å². The molecule has 18 heavy (non-hydrogen) atoms. The average molecular weight is 247 g/mol. The van der Waals surface area contributed by atoms with Crippen molar-refractivity contribution in [2.45, 2.75) is 25.5 Å². The quantitative estimate of drug-likeness (QED) is 0.540. The van der Waals surface area contributed by atoms with E-state index in [9.17, 15) is 5.11 Å². The lowest BCUT2D eigenvalue weighted by Crippen LogP contribution is -2.37. The van der Waals surface area contributed by atoms with E-state index in [-0.39, 0.29) is 11.9 Å². The molecule has 0 aliphatic heterocycles. The van der Waals surface area contributed by atoms with E-state index in [4.69, 9.17) is 11.1 Å². The molecule has 0 aromatic heterocycles. The molecule has 4 nitrogen and oxygen atoms in total. The Morgan fingerprint density at radius 3 is 2.72 bits per heavy atom. The Kier molecular flexibility index (Phi) is 3.99. The van der Waals surface area contributed by atoms with Gasteiger partial charge in [-0.15, -0.1) is 0 Å². The number of amidine groups is 1. The van der Waals surface area contributed by atoms with Gasteiger partial charge in [-0.1, -0.05) is 24.3 Å². The molecule has 1 aliphatic carbocycles. The van der Waals surface area contributed by atoms with Crippen LogP contribution in [0.1, 0.15) is 24.0 Å². The molecule has 1 aliphatic rings. The monoisotopic (exact) mass is 247 g/mol. The fourth-order valence-electron chi connectivity index (χ4n) is 2.57. The lowest BCUT2D eigenvalue weighted by molar-refractivity contribution is 0.0274. The van der Waals surface area contributed by atoms with Crippen LogP contribution in [0.5, 0.6) is 0 Å². The largest absolute Gasteiger partial charge is 0.393 e. The molecule has 2 rings (SSSR count). The minimum absolute atomic E-state index is 0.0899. The molecule has 1 aromatic carbocycles. The zero-order chi connectivity index (χ0) is 13.1. The molecule has 1 saturated carbocycles. The molecule has 0 heterocycles. The molecule has 0 bridgehead atoms. The third kappa shape index (κ3) is 3.09. The molecule has 0 saturated heterocycles. The van der Waals surface area contributed by atoms with Gasteiger partial charge in [-0.25, -0.2) is 0 Å².